The van der Waals surface area contributed by atoms with E-state index in [1.54, 1.807) is 11.6 Å². The van der Waals surface area contributed by atoms with Gasteiger partial charge in [-0.05, 0) is 41.5 Å². The van der Waals surface area contributed by atoms with Gasteiger partial charge in [-0.25, -0.2) is 18.2 Å². The number of rotatable bonds is 10. The Morgan fingerprint density at radius 3 is 2.43 bits per heavy atom. The molecule has 1 aromatic heterocycles. The van der Waals surface area contributed by atoms with Crippen molar-refractivity contribution in [1.29, 1.82) is 0 Å². The average molecular weight is 682 g/mol. The molecule has 3 aromatic carbocycles. The van der Waals surface area contributed by atoms with E-state index in [-0.39, 0.29) is 50.6 Å². The van der Waals surface area contributed by atoms with Crippen LogP contribution in [0.4, 0.5) is 32.0 Å². The number of aryl methyl sites for hydroxylation is 1. The highest BCUT2D eigenvalue weighted by atomic mass is 35.5. The smallest absolute Gasteiger partial charge is 0.397 e. The summed E-state index contributed by atoms with van der Waals surface area (Å²) in [5, 5.41) is 4.75. The Labute approximate surface area is 261 Å². The van der Waals surface area contributed by atoms with E-state index in [9.17, 15) is 35.9 Å². The van der Waals surface area contributed by atoms with Crippen LogP contribution in [0.3, 0.4) is 0 Å². The molecule has 0 aliphatic heterocycles. The molecule has 2 amide bonds. The maximum atomic E-state index is 13.5. The Hall–Kier alpha value is -3.68. The lowest BCUT2D eigenvalue weighted by Crippen LogP contribution is -2.28. The molecule has 4 aromatic rings. The maximum absolute atomic E-state index is 13.5. The van der Waals surface area contributed by atoms with Crippen LogP contribution < -0.4 is 15.4 Å². The highest BCUT2D eigenvalue weighted by molar-refractivity contribution is 6.36. The molecule has 0 saturated heterocycles. The van der Waals surface area contributed by atoms with E-state index in [1.165, 1.54) is 36.4 Å². The number of hydrogen-bond donors (Lipinski definition) is 2. The average Bonchev–Trinajstić information content (AvgIpc) is 3.23. The van der Waals surface area contributed by atoms with Crippen molar-refractivity contribution in [2.75, 3.05) is 11.9 Å². The number of nitrogens with one attached hydrogen (secondary N) is 2. The van der Waals surface area contributed by atoms with Crippen molar-refractivity contribution >= 4 is 63.3 Å². The number of aromatic nitrogens is 2. The number of halogens is 9. The molecule has 2 N–H and O–H groups in total. The second kappa shape index (κ2) is 13.5. The number of carbonyl (C=O) groups is 2. The molecule has 7 nitrogen and oxygen atoms in total. The van der Waals surface area contributed by atoms with E-state index in [1.807, 2.05) is 0 Å². The van der Waals surface area contributed by atoms with Crippen LogP contribution in [-0.2, 0) is 24.8 Å². The summed E-state index contributed by atoms with van der Waals surface area (Å²) in [5.74, 6) is -2.51. The van der Waals surface area contributed by atoms with Crippen molar-refractivity contribution in [1.82, 2.24) is 14.9 Å². The van der Waals surface area contributed by atoms with Crippen molar-refractivity contribution < 1.29 is 40.7 Å². The Bertz CT molecular complexity index is 1730. The third-order valence-corrected chi connectivity index (χ3v) is 7.41. The molecule has 44 heavy (non-hydrogen) atoms. The lowest BCUT2D eigenvalue weighted by molar-refractivity contribution is -0.153. The lowest BCUT2D eigenvalue weighted by atomic mass is 10.1. The van der Waals surface area contributed by atoms with Gasteiger partial charge in [0.15, 0.2) is 0 Å². The van der Waals surface area contributed by atoms with Crippen molar-refractivity contribution in [3.05, 3.63) is 85.9 Å². The maximum Gasteiger partial charge on any atom is 0.397 e. The topological polar surface area (TPSA) is 85.2 Å². The van der Waals surface area contributed by atoms with E-state index >= 15 is 0 Å². The number of benzene rings is 3. The minimum atomic E-state index is -4.67. The third kappa shape index (κ3) is 8.07. The minimum absolute atomic E-state index is 0.00994. The van der Waals surface area contributed by atoms with Crippen LogP contribution >= 0.6 is 34.8 Å². The number of amides is 2. The summed E-state index contributed by atoms with van der Waals surface area (Å²) in [4.78, 5) is 29.3. The summed E-state index contributed by atoms with van der Waals surface area (Å²) >= 11 is 18.7. The second-order valence-corrected chi connectivity index (χ2v) is 10.6. The van der Waals surface area contributed by atoms with Crippen LogP contribution in [0.2, 0.25) is 15.1 Å². The molecule has 0 atom stereocenters. The summed E-state index contributed by atoms with van der Waals surface area (Å²) < 4.78 is 83.9. The summed E-state index contributed by atoms with van der Waals surface area (Å²) in [5.41, 5.74) is 1.33. The summed E-state index contributed by atoms with van der Waals surface area (Å²) in [6.45, 7) is -1.29. The van der Waals surface area contributed by atoms with Gasteiger partial charge >= 0.3 is 6.18 Å². The van der Waals surface area contributed by atoms with Gasteiger partial charge < -0.3 is 19.9 Å². The summed E-state index contributed by atoms with van der Waals surface area (Å²) in [6.07, 6.45) is -9.14. The lowest BCUT2D eigenvalue weighted by Gasteiger charge is -2.14. The predicted octanol–water partition coefficient (Wildman–Crippen LogP) is 7.73. The highest BCUT2D eigenvalue weighted by Crippen LogP contribution is 2.33. The van der Waals surface area contributed by atoms with Crippen LogP contribution in [0, 0.1) is 5.82 Å². The summed E-state index contributed by atoms with van der Waals surface area (Å²) in [7, 11) is 1.62. The van der Waals surface area contributed by atoms with E-state index in [2.05, 4.69) is 15.6 Å². The molecule has 16 heteroatoms. The molecule has 0 aliphatic carbocycles. The SMILES string of the molecule is Cn1c(Cc2c(Cl)ccc(CNC(=O)CC(F)(F)F)c2Cl)nc2cc(C(=O)Nc3ccc(F)c(Cl)c3)c(OCC(F)F)cc21. The van der Waals surface area contributed by atoms with Gasteiger partial charge in [0.25, 0.3) is 12.3 Å². The Balaban J connectivity index is 1.66. The first kappa shape index (κ1) is 33.2. The van der Waals surface area contributed by atoms with Crippen molar-refractivity contribution in [2.24, 2.45) is 7.05 Å². The molecular formula is C28H21Cl3F6N4O3. The monoisotopic (exact) mass is 680 g/mol. The molecule has 0 fully saturated rings. The largest absolute Gasteiger partial charge is 0.487 e. The van der Waals surface area contributed by atoms with Gasteiger partial charge in [0.2, 0.25) is 5.91 Å². The zero-order valence-electron chi connectivity index (χ0n) is 22.5. The number of fused-ring (bicyclic) bond motifs is 1. The molecule has 0 unspecified atom stereocenters. The normalized spacial score (nSPS) is 11.7. The fraction of sp³-hybridized carbons (Fsp3) is 0.250. The van der Waals surface area contributed by atoms with Gasteiger partial charge in [-0.3, -0.25) is 9.59 Å². The number of hydrogen-bond acceptors (Lipinski definition) is 4. The number of carbonyl (C=O) groups excluding carboxylic acids is 2. The number of ether oxygens (including phenoxy) is 1. The molecular weight excluding hydrogens is 661 g/mol. The zero-order chi connectivity index (χ0) is 32.3. The Morgan fingerprint density at radius 1 is 1.05 bits per heavy atom. The minimum Gasteiger partial charge on any atom is -0.487 e. The summed E-state index contributed by atoms with van der Waals surface area (Å²) in [6, 6.07) is 9.10. The predicted molar refractivity (Wildman–Crippen MR) is 153 cm³/mol. The van der Waals surface area contributed by atoms with Gasteiger partial charge in [-0.2, -0.15) is 13.2 Å². The van der Waals surface area contributed by atoms with Gasteiger partial charge in [-0.1, -0.05) is 40.9 Å². The van der Waals surface area contributed by atoms with Crippen molar-refractivity contribution in [2.45, 2.75) is 32.0 Å². The molecule has 1 heterocycles. The highest BCUT2D eigenvalue weighted by Gasteiger charge is 2.31. The molecule has 0 bridgehead atoms. The number of imidazole rings is 1. The molecule has 234 valence electrons. The second-order valence-electron chi connectivity index (χ2n) is 9.45. The first-order chi connectivity index (χ1) is 20.6. The molecule has 4 rings (SSSR count). The van der Waals surface area contributed by atoms with Crippen molar-refractivity contribution in [3.63, 3.8) is 0 Å². The van der Waals surface area contributed by atoms with Gasteiger partial charge in [0.1, 0.15) is 30.4 Å². The fourth-order valence-corrected chi connectivity index (χ4v) is 4.94. The van der Waals surface area contributed by atoms with Crippen molar-refractivity contribution in [3.8, 4) is 5.75 Å². The molecule has 0 aliphatic rings. The van der Waals surface area contributed by atoms with Crippen LogP contribution in [0.1, 0.15) is 33.7 Å². The number of nitrogens with zero attached hydrogens (tertiary/aromatic N) is 2. The van der Waals surface area contributed by atoms with Crippen LogP contribution in [-0.4, -0.2) is 40.6 Å². The van der Waals surface area contributed by atoms with Crippen LogP contribution in [0.5, 0.6) is 5.75 Å². The first-order valence-corrected chi connectivity index (χ1v) is 13.7. The third-order valence-electron chi connectivity index (χ3n) is 6.30. The quantitative estimate of drug-likeness (QED) is 0.168. The Kier molecular flexibility index (Phi) is 10.2. The number of alkyl halides is 5. The molecule has 0 spiro atoms. The fourth-order valence-electron chi connectivity index (χ4n) is 4.19. The number of anilines is 1. The van der Waals surface area contributed by atoms with E-state index in [0.717, 1.165) is 6.07 Å². The van der Waals surface area contributed by atoms with E-state index in [4.69, 9.17) is 39.5 Å². The van der Waals surface area contributed by atoms with Crippen LogP contribution in [0.15, 0.2) is 42.5 Å². The van der Waals surface area contributed by atoms with E-state index in [0.29, 0.717) is 22.5 Å². The van der Waals surface area contributed by atoms with Gasteiger partial charge in [-0.15, -0.1) is 0 Å². The van der Waals surface area contributed by atoms with Crippen LogP contribution in [0.25, 0.3) is 11.0 Å². The van der Waals surface area contributed by atoms with Gasteiger partial charge in [0, 0.05) is 36.8 Å². The van der Waals surface area contributed by atoms with E-state index < -0.39 is 43.3 Å². The van der Waals surface area contributed by atoms with Gasteiger partial charge in [0.05, 0.1) is 26.6 Å². The molecule has 0 saturated carbocycles. The Morgan fingerprint density at radius 2 is 1.77 bits per heavy atom. The standard InChI is InChI=1S/C28H21Cl3F6N4O3/c1-41-21-9-22(44-12-23(33)34)16(27(43)39-14-3-5-19(32)18(30)6-14)7-20(21)40-24(41)8-15-17(29)4-2-13(26(15)31)11-38-25(42)10-28(35,36)37/h2-7,9,23H,8,10-12H2,1H3,(H,38,42)(H,39,43). The molecule has 0 radical (unpaired) electrons. The first-order valence-electron chi connectivity index (χ1n) is 12.6. The zero-order valence-corrected chi connectivity index (χ0v) is 24.7.